The molecule has 3 aromatic carbocycles. The second kappa shape index (κ2) is 8.81. The van der Waals surface area contributed by atoms with Gasteiger partial charge in [-0.25, -0.2) is 0 Å². The molecule has 28 heavy (non-hydrogen) atoms. The van der Waals surface area contributed by atoms with E-state index in [1.54, 1.807) is 6.07 Å². The number of aryl methyl sites for hydroxylation is 1. The minimum Gasteiger partial charge on any atom is -0.380 e. The van der Waals surface area contributed by atoms with Gasteiger partial charge >= 0.3 is 0 Å². The summed E-state index contributed by atoms with van der Waals surface area (Å²) < 4.78 is 0. The molecule has 3 aromatic rings. The first-order valence-corrected chi connectivity index (χ1v) is 9.04. The smallest absolute Gasteiger partial charge is 0.270 e. The molecular formula is C22H21N3O3. The summed E-state index contributed by atoms with van der Waals surface area (Å²) in [5.41, 5.74) is 3.40. The Bertz CT molecular complexity index is 987. The van der Waals surface area contributed by atoms with Crippen LogP contribution in [0.15, 0.2) is 72.8 Å². The van der Waals surface area contributed by atoms with Crippen molar-refractivity contribution in [2.75, 3.05) is 10.6 Å². The topological polar surface area (TPSA) is 84.3 Å². The Morgan fingerprint density at radius 1 is 0.964 bits per heavy atom. The molecule has 0 aliphatic carbocycles. The first-order chi connectivity index (χ1) is 13.6. The highest BCUT2D eigenvalue weighted by atomic mass is 16.6. The molecule has 0 unspecified atom stereocenters. The predicted octanol–water partition coefficient (Wildman–Crippen LogP) is 5.02. The van der Waals surface area contributed by atoms with Crippen LogP contribution in [0.1, 0.15) is 28.4 Å². The number of hydrogen-bond donors (Lipinski definition) is 2. The summed E-state index contributed by atoms with van der Waals surface area (Å²) in [4.78, 5) is 23.6. The van der Waals surface area contributed by atoms with Crippen LogP contribution in [-0.2, 0) is 13.0 Å². The third-order valence-electron chi connectivity index (χ3n) is 4.43. The summed E-state index contributed by atoms with van der Waals surface area (Å²) in [5.74, 6) is -0.389. The van der Waals surface area contributed by atoms with Gasteiger partial charge in [0.1, 0.15) is 0 Å². The Balaban J connectivity index is 1.88. The van der Waals surface area contributed by atoms with Crippen molar-refractivity contribution in [3.8, 4) is 0 Å². The normalized spacial score (nSPS) is 10.3. The first-order valence-electron chi connectivity index (χ1n) is 9.04. The molecule has 0 spiro atoms. The van der Waals surface area contributed by atoms with Crippen molar-refractivity contribution in [2.24, 2.45) is 0 Å². The Morgan fingerprint density at radius 3 is 2.39 bits per heavy atom. The minimum atomic E-state index is -0.502. The molecule has 0 heterocycles. The highest BCUT2D eigenvalue weighted by Crippen LogP contribution is 2.25. The number of nitrogens with one attached hydrogen (secondary N) is 2. The molecule has 0 saturated carbocycles. The maximum atomic E-state index is 12.9. The molecule has 0 atom stereocenters. The highest BCUT2D eigenvalue weighted by Gasteiger charge is 2.17. The summed E-state index contributed by atoms with van der Waals surface area (Å²) in [6.07, 6.45) is 0.768. The van der Waals surface area contributed by atoms with Crippen LogP contribution in [0.3, 0.4) is 0 Å². The van der Waals surface area contributed by atoms with E-state index in [1.165, 1.54) is 12.1 Å². The van der Waals surface area contributed by atoms with Gasteiger partial charge in [0.2, 0.25) is 0 Å². The first kappa shape index (κ1) is 19.1. The van der Waals surface area contributed by atoms with E-state index in [1.807, 2.05) is 61.5 Å². The lowest BCUT2D eigenvalue weighted by Crippen LogP contribution is -2.16. The molecule has 0 bridgehead atoms. The number of nitro benzene ring substituents is 1. The number of benzene rings is 3. The molecule has 0 saturated heterocycles. The quantitative estimate of drug-likeness (QED) is 0.448. The largest absolute Gasteiger partial charge is 0.380 e. The second-order valence-electron chi connectivity index (χ2n) is 6.29. The molecule has 1 amide bonds. The summed E-state index contributed by atoms with van der Waals surface area (Å²) in [6, 6.07) is 21.5. The van der Waals surface area contributed by atoms with Crippen molar-refractivity contribution in [3.63, 3.8) is 0 Å². The Hall–Kier alpha value is -3.67. The zero-order chi connectivity index (χ0) is 19.9. The number of para-hydroxylation sites is 1. The molecule has 2 N–H and O–H groups in total. The maximum Gasteiger partial charge on any atom is 0.270 e. The van der Waals surface area contributed by atoms with Gasteiger partial charge < -0.3 is 10.6 Å². The molecule has 0 fully saturated rings. The molecule has 3 rings (SSSR count). The van der Waals surface area contributed by atoms with E-state index in [2.05, 4.69) is 10.6 Å². The number of anilines is 2. The zero-order valence-corrected chi connectivity index (χ0v) is 15.5. The van der Waals surface area contributed by atoms with Crippen molar-refractivity contribution in [2.45, 2.75) is 19.9 Å². The Labute approximate surface area is 163 Å². The predicted molar refractivity (Wildman–Crippen MR) is 111 cm³/mol. The van der Waals surface area contributed by atoms with E-state index in [9.17, 15) is 14.9 Å². The zero-order valence-electron chi connectivity index (χ0n) is 15.5. The summed E-state index contributed by atoms with van der Waals surface area (Å²) >= 11 is 0. The van der Waals surface area contributed by atoms with Crippen LogP contribution in [0.5, 0.6) is 0 Å². The fourth-order valence-corrected chi connectivity index (χ4v) is 2.92. The van der Waals surface area contributed by atoms with Gasteiger partial charge in [-0.2, -0.15) is 0 Å². The minimum absolute atomic E-state index is 0.126. The molecule has 0 radical (unpaired) electrons. The van der Waals surface area contributed by atoms with E-state index in [-0.39, 0.29) is 17.2 Å². The lowest BCUT2D eigenvalue weighted by atomic mass is 10.1. The number of non-ortho nitro benzene ring substituents is 1. The van der Waals surface area contributed by atoms with Crippen molar-refractivity contribution >= 4 is 23.0 Å². The number of hydrogen-bond acceptors (Lipinski definition) is 4. The number of amides is 1. The number of carbonyl (C=O) groups excluding carboxylic acids is 1. The molecule has 0 aliphatic heterocycles. The third-order valence-corrected chi connectivity index (χ3v) is 4.43. The third kappa shape index (κ3) is 4.54. The summed E-state index contributed by atoms with van der Waals surface area (Å²) in [7, 11) is 0. The SMILES string of the molecule is CCc1ccccc1NC(=O)c1cc([N+](=O)[O-])ccc1NCc1ccccc1. The van der Waals surface area contributed by atoms with Gasteiger partial charge in [0.05, 0.1) is 10.5 Å². The lowest BCUT2D eigenvalue weighted by Gasteiger charge is -2.14. The number of nitro groups is 1. The number of carbonyl (C=O) groups is 1. The van der Waals surface area contributed by atoms with Gasteiger partial charge in [-0.15, -0.1) is 0 Å². The molecule has 0 aliphatic rings. The van der Waals surface area contributed by atoms with Crippen LogP contribution in [-0.4, -0.2) is 10.8 Å². The van der Waals surface area contributed by atoms with Crippen LogP contribution in [0, 0.1) is 10.1 Å². The maximum absolute atomic E-state index is 12.9. The van der Waals surface area contributed by atoms with Crippen molar-refractivity contribution < 1.29 is 9.72 Å². The standard InChI is InChI=1S/C22H21N3O3/c1-2-17-10-6-7-11-20(17)24-22(26)19-14-18(25(27)28)12-13-21(19)23-15-16-8-4-3-5-9-16/h3-14,23H,2,15H2,1H3,(H,24,26). The molecule has 142 valence electrons. The fraction of sp³-hybridized carbons (Fsp3) is 0.136. The van der Waals surface area contributed by atoms with Crippen LogP contribution in [0.4, 0.5) is 17.1 Å². The van der Waals surface area contributed by atoms with E-state index in [0.29, 0.717) is 17.9 Å². The highest BCUT2D eigenvalue weighted by molar-refractivity contribution is 6.08. The van der Waals surface area contributed by atoms with Gasteiger partial charge in [0.25, 0.3) is 11.6 Å². The van der Waals surface area contributed by atoms with Gasteiger partial charge in [0.15, 0.2) is 0 Å². The summed E-state index contributed by atoms with van der Waals surface area (Å²) in [6.45, 7) is 2.51. The summed E-state index contributed by atoms with van der Waals surface area (Å²) in [5, 5.41) is 17.3. The van der Waals surface area contributed by atoms with Crippen LogP contribution < -0.4 is 10.6 Å². The van der Waals surface area contributed by atoms with Gasteiger partial charge in [-0.1, -0.05) is 55.5 Å². The Kier molecular flexibility index (Phi) is 6.01. The monoisotopic (exact) mass is 375 g/mol. The lowest BCUT2D eigenvalue weighted by molar-refractivity contribution is -0.384. The van der Waals surface area contributed by atoms with E-state index < -0.39 is 4.92 Å². The number of nitrogens with zero attached hydrogens (tertiary/aromatic N) is 1. The molecular weight excluding hydrogens is 354 g/mol. The molecule has 6 nitrogen and oxygen atoms in total. The molecule has 6 heteroatoms. The average molecular weight is 375 g/mol. The Morgan fingerprint density at radius 2 is 1.68 bits per heavy atom. The van der Waals surface area contributed by atoms with Crippen molar-refractivity contribution in [1.29, 1.82) is 0 Å². The van der Waals surface area contributed by atoms with Gasteiger partial charge in [0, 0.05) is 30.1 Å². The van der Waals surface area contributed by atoms with Crippen molar-refractivity contribution in [1.82, 2.24) is 0 Å². The van der Waals surface area contributed by atoms with Crippen molar-refractivity contribution in [3.05, 3.63) is 99.6 Å². The fourth-order valence-electron chi connectivity index (χ4n) is 2.92. The van der Waals surface area contributed by atoms with E-state index >= 15 is 0 Å². The van der Waals surface area contributed by atoms with E-state index in [0.717, 1.165) is 17.5 Å². The second-order valence-corrected chi connectivity index (χ2v) is 6.29. The van der Waals surface area contributed by atoms with Gasteiger partial charge in [-0.3, -0.25) is 14.9 Å². The molecule has 0 aromatic heterocycles. The van der Waals surface area contributed by atoms with E-state index in [4.69, 9.17) is 0 Å². The van der Waals surface area contributed by atoms with Gasteiger partial charge in [-0.05, 0) is 29.7 Å². The van der Waals surface area contributed by atoms with Crippen LogP contribution in [0.2, 0.25) is 0 Å². The number of rotatable bonds is 7. The van der Waals surface area contributed by atoms with Crippen LogP contribution in [0.25, 0.3) is 0 Å². The van der Waals surface area contributed by atoms with Crippen LogP contribution >= 0.6 is 0 Å². The average Bonchev–Trinajstić information content (AvgIpc) is 2.73.